The molecule has 0 aromatic carbocycles. The molecule has 2 aliphatic rings. The van der Waals surface area contributed by atoms with E-state index in [2.05, 4.69) is 73.0 Å². The van der Waals surface area contributed by atoms with Crippen molar-refractivity contribution in [1.29, 1.82) is 0 Å². The zero-order chi connectivity index (χ0) is 25.4. The minimum absolute atomic E-state index is 0.00446. The number of ketones is 1. The third kappa shape index (κ3) is 6.57. The Labute approximate surface area is 204 Å². The molecule has 1 saturated carbocycles. The van der Waals surface area contributed by atoms with Crippen LogP contribution in [0.3, 0.4) is 0 Å². The van der Waals surface area contributed by atoms with Crippen molar-refractivity contribution in [3.63, 3.8) is 0 Å². The van der Waals surface area contributed by atoms with Gasteiger partial charge >= 0.3 is 0 Å². The summed E-state index contributed by atoms with van der Waals surface area (Å²) in [5.74, 6) is -0.333. The molecule has 1 heterocycles. The first-order valence-electron chi connectivity index (χ1n) is 12.7. The summed E-state index contributed by atoms with van der Waals surface area (Å²) < 4.78 is 18.7. The van der Waals surface area contributed by atoms with Crippen LogP contribution in [0, 0.1) is 11.8 Å². The van der Waals surface area contributed by atoms with Gasteiger partial charge in [0.25, 0.3) is 0 Å². The molecule has 192 valence electrons. The molecule has 1 aliphatic heterocycles. The molecule has 0 spiro atoms. The van der Waals surface area contributed by atoms with E-state index in [4.69, 9.17) is 13.6 Å². The van der Waals surface area contributed by atoms with Crippen molar-refractivity contribution in [3.8, 4) is 0 Å². The summed E-state index contributed by atoms with van der Waals surface area (Å²) in [5, 5.41) is 3.25. The molecule has 2 fully saturated rings. The number of carbonyl (C=O) groups excluding carboxylic acids is 2. The lowest BCUT2D eigenvalue weighted by Gasteiger charge is -2.48. The molecule has 8 heteroatoms. The Morgan fingerprint density at radius 3 is 2.03 bits per heavy atom. The fraction of sp³-hybridized carbons (Fsp3) is 0.920. The van der Waals surface area contributed by atoms with Crippen LogP contribution in [0.1, 0.15) is 67.7 Å². The summed E-state index contributed by atoms with van der Waals surface area (Å²) in [6.45, 7) is 25.1. The van der Waals surface area contributed by atoms with Gasteiger partial charge in [-0.1, -0.05) is 41.5 Å². The number of ether oxygens (including phenoxy) is 1. The van der Waals surface area contributed by atoms with Crippen molar-refractivity contribution in [2.45, 2.75) is 122 Å². The maximum Gasteiger partial charge on any atom is 0.228 e. The van der Waals surface area contributed by atoms with E-state index >= 15 is 0 Å². The summed E-state index contributed by atoms with van der Waals surface area (Å²) in [7, 11) is -3.83. The van der Waals surface area contributed by atoms with E-state index in [1.165, 1.54) is 0 Å². The van der Waals surface area contributed by atoms with Crippen LogP contribution in [0.4, 0.5) is 0 Å². The summed E-state index contributed by atoms with van der Waals surface area (Å²) in [6, 6.07) is -0.153. The molecule has 1 aliphatic carbocycles. The molecule has 1 amide bonds. The van der Waals surface area contributed by atoms with Crippen molar-refractivity contribution in [2.75, 3.05) is 13.2 Å². The van der Waals surface area contributed by atoms with Crippen molar-refractivity contribution < 1.29 is 23.2 Å². The van der Waals surface area contributed by atoms with Gasteiger partial charge in [0.2, 0.25) is 5.91 Å². The number of hydrogen-bond acceptors (Lipinski definition) is 5. The topological polar surface area (TPSA) is 73.9 Å². The molecule has 0 aromatic rings. The summed E-state index contributed by atoms with van der Waals surface area (Å²) in [5.41, 5.74) is 0. The van der Waals surface area contributed by atoms with Crippen molar-refractivity contribution >= 4 is 28.3 Å². The Morgan fingerprint density at radius 2 is 1.52 bits per heavy atom. The number of β-lactam (4-membered cyclic amide) rings is 1. The summed E-state index contributed by atoms with van der Waals surface area (Å²) in [4.78, 5) is 25.8. The van der Waals surface area contributed by atoms with E-state index in [9.17, 15) is 9.59 Å². The van der Waals surface area contributed by atoms with Gasteiger partial charge in [-0.05, 0) is 62.5 Å². The second-order valence-electron chi connectivity index (χ2n) is 13.1. The van der Waals surface area contributed by atoms with Gasteiger partial charge in [-0.15, -0.1) is 0 Å². The monoisotopic (exact) mass is 499 g/mol. The number of rotatable bonds is 9. The Morgan fingerprint density at radius 1 is 0.939 bits per heavy atom. The van der Waals surface area contributed by atoms with Crippen LogP contribution in [0.2, 0.25) is 36.3 Å². The van der Waals surface area contributed by atoms with Crippen LogP contribution in [0.25, 0.3) is 0 Å². The number of nitrogens with one attached hydrogen (secondary N) is 1. The maximum absolute atomic E-state index is 13.3. The molecule has 6 nitrogen and oxygen atoms in total. The van der Waals surface area contributed by atoms with Crippen LogP contribution in [0.5, 0.6) is 0 Å². The largest absolute Gasteiger partial charge is 0.414 e. The predicted molar refractivity (Wildman–Crippen MR) is 138 cm³/mol. The molecule has 1 saturated heterocycles. The smallest absolute Gasteiger partial charge is 0.228 e. The highest BCUT2D eigenvalue weighted by atomic mass is 28.4. The first kappa shape index (κ1) is 28.7. The zero-order valence-electron chi connectivity index (χ0n) is 23.0. The van der Waals surface area contributed by atoms with Gasteiger partial charge in [0.05, 0.1) is 31.3 Å². The number of carbonyl (C=O) groups is 2. The van der Waals surface area contributed by atoms with Crippen LogP contribution in [-0.2, 0) is 23.2 Å². The van der Waals surface area contributed by atoms with Crippen LogP contribution < -0.4 is 5.32 Å². The minimum atomic E-state index is -2.00. The summed E-state index contributed by atoms with van der Waals surface area (Å²) in [6.07, 6.45) is 1.88. The fourth-order valence-corrected chi connectivity index (χ4v) is 6.72. The molecule has 2 rings (SSSR count). The average molecular weight is 500 g/mol. The first-order chi connectivity index (χ1) is 14.9. The molecule has 0 bridgehead atoms. The summed E-state index contributed by atoms with van der Waals surface area (Å²) >= 11 is 0. The molecule has 0 radical (unpaired) electrons. The third-order valence-electron chi connectivity index (χ3n) is 8.56. The lowest BCUT2D eigenvalue weighted by molar-refractivity contribution is -0.151. The third-order valence-corrected chi connectivity index (χ3v) is 17.7. The van der Waals surface area contributed by atoms with E-state index in [1.54, 1.807) is 0 Å². The van der Waals surface area contributed by atoms with Crippen LogP contribution in [0.15, 0.2) is 0 Å². The Balaban J connectivity index is 1.95. The number of amides is 1. The highest BCUT2D eigenvalue weighted by Crippen LogP contribution is 2.41. The van der Waals surface area contributed by atoms with Crippen molar-refractivity contribution in [2.24, 2.45) is 11.8 Å². The highest BCUT2D eigenvalue weighted by molar-refractivity contribution is 6.74. The second kappa shape index (κ2) is 10.2. The number of Topliss-reactive ketones (excluding diaryl/α,β-unsaturated/α-hetero) is 1. The molecular weight excluding hydrogens is 450 g/mol. The lowest BCUT2D eigenvalue weighted by Crippen LogP contribution is -2.68. The Kier molecular flexibility index (Phi) is 8.88. The zero-order valence-corrected chi connectivity index (χ0v) is 25.0. The van der Waals surface area contributed by atoms with E-state index in [0.29, 0.717) is 13.2 Å². The van der Waals surface area contributed by atoms with Crippen LogP contribution in [-0.4, -0.2) is 59.8 Å². The van der Waals surface area contributed by atoms with Gasteiger partial charge in [0.1, 0.15) is 6.10 Å². The molecule has 0 unspecified atom stereocenters. The van der Waals surface area contributed by atoms with Crippen molar-refractivity contribution in [1.82, 2.24) is 5.32 Å². The standard InChI is InChI=1S/C25H49NO5Si2/c1-17(31-33(10,11)25(5,6)7)20-21(26-23(20)28)18-13-12-14-19(22(18)27)29-15-16-30-32(8,9)24(2,3)4/h17-21H,12-16H2,1-11H3,(H,26,28)/t17-,18-,19-,20-,21-/m1/s1. The first-order valence-corrected chi connectivity index (χ1v) is 18.5. The van der Waals surface area contributed by atoms with E-state index in [1.807, 2.05) is 6.92 Å². The predicted octanol–water partition coefficient (Wildman–Crippen LogP) is 5.29. The van der Waals surface area contributed by atoms with E-state index < -0.39 is 22.7 Å². The van der Waals surface area contributed by atoms with Crippen LogP contribution >= 0.6 is 0 Å². The highest BCUT2D eigenvalue weighted by Gasteiger charge is 2.52. The fourth-order valence-electron chi connectivity index (χ4n) is 4.26. The van der Waals surface area contributed by atoms with Gasteiger partial charge in [0, 0.05) is 5.92 Å². The molecule has 5 atom stereocenters. The minimum Gasteiger partial charge on any atom is -0.414 e. The van der Waals surface area contributed by atoms with Gasteiger partial charge < -0.3 is 18.9 Å². The quantitative estimate of drug-likeness (QED) is 0.265. The van der Waals surface area contributed by atoms with E-state index in [0.717, 1.165) is 19.3 Å². The lowest BCUT2D eigenvalue weighted by atomic mass is 9.71. The molecule has 33 heavy (non-hydrogen) atoms. The Hall–Kier alpha value is -0.546. The van der Waals surface area contributed by atoms with Gasteiger partial charge in [-0.2, -0.15) is 0 Å². The van der Waals surface area contributed by atoms with Gasteiger partial charge in [-0.25, -0.2) is 0 Å². The van der Waals surface area contributed by atoms with E-state index in [-0.39, 0.29) is 45.7 Å². The SMILES string of the molecule is C[C@@H](O[Si](C)(C)C(C)(C)C)[C@H]1C(=O)N[C@@H]1[C@H]1CCC[C@@H](OCCO[Si](C)(C)C(C)(C)C)C1=O. The normalized spacial score (nSPS) is 28.3. The number of hydrogen-bond donors (Lipinski definition) is 1. The molecule has 1 N–H and O–H groups in total. The molecular formula is C25H49NO5Si2. The van der Waals surface area contributed by atoms with Gasteiger partial charge in [0.15, 0.2) is 22.4 Å². The average Bonchev–Trinajstić information content (AvgIpc) is 2.62. The van der Waals surface area contributed by atoms with Crippen molar-refractivity contribution in [3.05, 3.63) is 0 Å². The maximum atomic E-state index is 13.3. The van der Waals surface area contributed by atoms with Gasteiger partial charge in [-0.3, -0.25) is 9.59 Å². The molecule has 0 aromatic heterocycles. The second-order valence-corrected chi connectivity index (χ2v) is 22.6. The Bertz CT molecular complexity index is 711.